The van der Waals surface area contributed by atoms with E-state index in [0.717, 1.165) is 16.9 Å². The molecule has 7 heteroatoms. The molecule has 0 saturated heterocycles. The summed E-state index contributed by atoms with van der Waals surface area (Å²) in [6.45, 7) is 2.00. The van der Waals surface area contributed by atoms with E-state index in [-0.39, 0.29) is 6.42 Å². The van der Waals surface area contributed by atoms with Crippen LogP contribution in [0.25, 0.3) is 5.82 Å². The van der Waals surface area contributed by atoms with Gasteiger partial charge in [0.05, 0.1) is 6.20 Å². The van der Waals surface area contributed by atoms with Crippen molar-refractivity contribution in [3.05, 3.63) is 59.5 Å². The van der Waals surface area contributed by atoms with E-state index in [4.69, 9.17) is 5.11 Å². The Kier molecular flexibility index (Phi) is 4.58. The first-order valence-corrected chi connectivity index (χ1v) is 9.04. The second-order valence-electron chi connectivity index (χ2n) is 6.95. The van der Waals surface area contributed by atoms with Gasteiger partial charge in [0.2, 0.25) is 0 Å². The highest BCUT2D eigenvalue weighted by Gasteiger charge is 2.23. The van der Waals surface area contributed by atoms with Crippen LogP contribution in [0.15, 0.2) is 42.9 Å². The van der Waals surface area contributed by atoms with Gasteiger partial charge in [-0.05, 0) is 73.1 Å². The highest BCUT2D eigenvalue weighted by Crippen LogP contribution is 2.40. The largest absolute Gasteiger partial charge is 0.481 e. The van der Waals surface area contributed by atoms with Gasteiger partial charge in [-0.2, -0.15) is 5.10 Å². The van der Waals surface area contributed by atoms with Crippen LogP contribution in [0.5, 0.6) is 0 Å². The lowest BCUT2D eigenvalue weighted by Crippen LogP contribution is -2.03. The molecule has 7 nitrogen and oxygen atoms in total. The number of nitrogens with one attached hydrogen (secondary N) is 1. The van der Waals surface area contributed by atoms with Crippen LogP contribution in [0.4, 0.5) is 11.6 Å². The van der Waals surface area contributed by atoms with Crippen LogP contribution in [0, 0.1) is 6.92 Å². The van der Waals surface area contributed by atoms with Gasteiger partial charge in [0.15, 0.2) is 5.82 Å². The van der Waals surface area contributed by atoms with Crippen LogP contribution in [-0.2, 0) is 11.2 Å². The fourth-order valence-electron chi connectivity index (χ4n) is 3.01. The highest BCUT2D eigenvalue weighted by molar-refractivity contribution is 5.67. The van der Waals surface area contributed by atoms with Crippen molar-refractivity contribution in [3.8, 4) is 5.82 Å². The van der Waals surface area contributed by atoms with Crippen LogP contribution in [0.1, 0.15) is 41.9 Å². The Morgan fingerprint density at radius 1 is 1.30 bits per heavy atom. The van der Waals surface area contributed by atoms with Gasteiger partial charge < -0.3 is 10.4 Å². The minimum absolute atomic E-state index is 0.0861. The molecular formula is C20H21N5O2. The number of aromatic nitrogens is 4. The molecule has 0 radical (unpaired) electrons. The Balaban J connectivity index is 1.54. The molecule has 0 spiro atoms. The molecular weight excluding hydrogens is 342 g/mol. The normalized spacial score (nSPS) is 13.5. The molecule has 4 rings (SSSR count). The molecule has 0 amide bonds. The Morgan fingerprint density at radius 2 is 2.15 bits per heavy atom. The molecule has 1 fully saturated rings. The summed E-state index contributed by atoms with van der Waals surface area (Å²) in [6.07, 6.45) is 8.36. The zero-order valence-electron chi connectivity index (χ0n) is 15.1. The second-order valence-corrected chi connectivity index (χ2v) is 6.95. The van der Waals surface area contributed by atoms with Gasteiger partial charge in [-0.3, -0.25) is 4.79 Å². The van der Waals surface area contributed by atoms with Crippen molar-refractivity contribution in [1.82, 2.24) is 19.7 Å². The van der Waals surface area contributed by atoms with Crippen LogP contribution in [0.2, 0.25) is 0 Å². The highest BCUT2D eigenvalue weighted by atomic mass is 16.4. The molecule has 27 heavy (non-hydrogen) atoms. The molecule has 2 N–H and O–H groups in total. The lowest BCUT2D eigenvalue weighted by atomic mass is 10.2. The molecule has 1 aliphatic carbocycles. The quantitative estimate of drug-likeness (QED) is 0.666. The molecule has 3 heterocycles. The predicted molar refractivity (Wildman–Crippen MR) is 102 cm³/mol. The smallest absolute Gasteiger partial charge is 0.303 e. The zero-order valence-corrected chi connectivity index (χ0v) is 15.1. The first-order valence-electron chi connectivity index (χ1n) is 9.04. The van der Waals surface area contributed by atoms with Gasteiger partial charge in [0, 0.05) is 18.8 Å². The van der Waals surface area contributed by atoms with Crippen molar-refractivity contribution in [2.45, 2.75) is 38.5 Å². The maximum atomic E-state index is 10.7. The third kappa shape index (κ3) is 4.31. The maximum Gasteiger partial charge on any atom is 0.303 e. The summed E-state index contributed by atoms with van der Waals surface area (Å²) < 4.78 is 1.67. The number of nitrogens with zero attached hydrogens (tertiary/aromatic N) is 4. The Hall–Kier alpha value is -3.22. The van der Waals surface area contributed by atoms with Gasteiger partial charge in [0.1, 0.15) is 11.6 Å². The first-order chi connectivity index (χ1) is 13.1. The molecule has 0 bridgehead atoms. The summed E-state index contributed by atoms with van der Waals surface area (Å²) >= 11 is 0. The lowest BCUT2D eigenvalue weighted by molar-refractivity contribution is -0.136. The Bertz CT molecular complexity index is 978. The van der Waals surface area contributed by atoms with Crippen molar-refractivity contribution < 1.29 is 9.90 Å². The summed E-state index contributed by atoms with van der Waals surface area (Å²) in [4.78, 5) is 19.8. The summed E-state index contributed by atoms with van der Waals surface area (Å²) in [5.74, 6) is 2.02. The van der Waals surface area contributed by atoms with Crippen molar-refractivity contribution in [2.75, 3.05) is 5.32 Å². The number of anilines is 2. The molecule has 3 aromatic heterocycles. The van der Waals surface area contributed by atoms with Gasteiger partial charge in [-0.15, -0.1) is 0 Å². The molecule has 138 valence electrons. The molecule has 0 aliphatic heterocycles. The predicted octanol–water partition coefficient (Wildman–Crippen LogP) is 3.61. The van der Waals surface area contributed by atoms with Gasteiger partial charge >= 0.3 is 5.97 Å². The monoisotopic (exact) mass is 363 g/mol. The summed E-state index contributed by atoms with van der Waals surface area (Å²) in [6, 6.07) is 8.05. The Morgan fingerprint density at radius 3 is 2.93 bits per heavy atom. The average Bonchev–Trinajstić information content (AvgIpc) is 3.38. The Labute approximate surface area is 157 Å². The summed E-state index contributed by atoms with van der Waals surface area (Å²) in [5.41, 5.74) is 3.23. The number of hydrogen-bond donors (Lipinski definition) is 2. The SMILES string of the molecule is Cc1cc(Nc2cc(C3CC3)ccn2)nc(-n2cc(CCC(=O)O)cn2)c1. The van der Waals surface area contributed by atoms with E-state index in [1.807, 2.05) is 31.5 Å². The van der Waals surface area contributed by atoms with Crippen LogP contribution >= 0.6 is 0 Å². The lowest BCUT2D eigenvalue weighted by Gasteiger charge is -2.09. The molecule has 1 saturated carbocycles. The fraction of sp³-hybridized carbons (Fsp3) is 0.300. The minimum Gasteiger partial charge on any atom is -0.481 e. The van der Waals surface area contributed by atoms with Crippen molar-refractivity contribution in [3.63, 3.8) is 0 Å². The second kappa shape index (κ2) is 7.19. The average molecular weight is 363 g/mol. The van der Waals surface area contributed by atoms with E-state index in [0.29, 0.717) is 24.0 Å². The van der Waals surface area contributed by atoms with E-state index < -0.39 is 5.97 Å². The number of hydrogen-bond acceptors (Lipinski definition) is 5. The van der Waals surface area contributed by atoms with E-state index >= 15 is 0 Å². The third-order valence-electron chi connectivity index (χ3n) is 4.54. The van der Waals surface area contributed by atoms with Crippen molar-refractivity contribution in [1.29, 1.82) is 0 Å². The molecule has 0 unspecified atom stereocenters. The summed E-state index contributed by atoms with van der Waals surface area (Å²) in [5, 5.41) is 16.4. The van der Waals surface area contributed by atoms with Gasteiger partial charge in [0.25, 0.3) is 0 Å². The van der Waals surface area contributed by atoms with E-state index in [9.17, 15) is 4.79 Å². The molecule has 0 atom stereocenters. The van der Waals surface area contributed by atoms with Crippen LogP contribution < -0.4 is 5.32 Å². The first kappa shape index (κ1) is 17.2. The third-order valence-corrected chi connectivity index (χ3v) is 4.54. The van der Waals surface area contributed by atoms with Crippen molar-refractivity contribution >= 4 is 17.6 Å². The van der Waals surface area contributed by atoms with Gasteiger partial charge in [-0.25, -0.2) is 14.6 Å². The van der Waals surface area contributed by atoms with Crippen LogP contribution in [0.3, 0.4) is 0 Å². The number of pyridine rings is 2. The maximum absolute atomic E-state index is 10.7. The number of aliphatic carboxylic acids is 1. The number of aryl methyl sites for hydroxylation is 2. The summed E-state index contributed by atoms with van der Waals surface area (Å²) in [7, 11) is 0. The molecule has 1 aliphatic rings. The standard InChI is InChI=1S/C20H21N5O2/c1-13-8-18(23-17-10-16(6-7-21-17)15-3-4-15)24-19(9-13)25-12-14(11-22-25)2-5-20(26)27/h6-12,15H,2-5H2,1H3,(H,26,27)(H,21,23,24). The number of rotatable bonds is 7. The van der Waals surface area contributed by atoms with E-state index in [1.165, 1.54) is 18.4 Å². The minimum atomic E-state index is -0.816. The molecule has 0 aromatic carbocycles. The topological polar surface area (TPSA) is 92.9 Å². The van der Waals surface area contributed by atoms with Gasteiger partial charge in [-0.1, -0.05) is 0 Å². The fourth-order valence-corrected chi connectivity index (χ4v) is 3.01. The number of carboxylic acids is 1. The number of carbonyl (C=O) groups is 1. The van der Waals surface area contributed by atoms with E-state index in [1.54, 1.807) is 10.9 Å². The molecule has 3 aromatic rings. The number of carboxylic acid groups (broad SMARTS) is 1. The van der Waals surface area contributed by atoms with Crippen molar-refractivity contribution in [2.24, 2.45) is 0 Å². The van der Waals surface area contributed by atoms with E-state index in [2.05, 4.69) is 32.5 Å². The zero-order chi connectivity index (χ0) is 18.8. The van der Waals surface area contributed by atoms with Crippen LogP contribution in [-0.4, -0.2) is 30.8 Å².